The van der Waals surface area contributed by atoms with Gasteiger partial charge in [-0.2, -0.15) is 0 Å². The van der Waals surface area contributed by atoms with Crippen LogP contribution in [-0.4, -0.2) is 23.7 Å². The summed E-state index contributed by atoms with van der Waals surface area (Å²) in [5.74, 6) is -1.15. The van der Waals surface area contributed by atoms with Crippen LogP contribution in [0.4, 0.5) is 4.79 Å². The van der Waals surface area contributed by atoms with E-state index in [9.17, 15) is 14.7 Å². The molecule has 0 radical (unpaired) electrons. The molecule has 0 aromatic heterocycles. The molecule has 1 atom stereocenters. The maximum absolute atomic E-state index is 11.9. The molecule has 1 fully saturated rings. The number of halogens is 1. The fourth-order valence-electron chi connectivity index (χ4n) is 2.41. The number of aliphatic carboxylic acids is 1. The summed E-state index contributed by atoms with van der Waals surface area (Å²) in [4.78, 5) is 23.3. The average Bonchev–Trinajstić information content (AvgIpc) is 2.41. The van der Waals surface area contributed by atoms with Crippen molar-refractivity contribution in [2.24, 2.45) is 5.41 Å². The molecular weight excluding hydrogens is 292 g/mol. The number of rotatable bonds is 5. The second kappa shape index (κ2) is 6.35. The Labute approximate surface area is 128 Å². The highest BCUT2D eigenvalue weighted by Gasteiger charge is 2.32. The lowest BCUT2D eigenvalue weighted by atomic mass is 9.70. The van der Waals surface area contributed by atoms with Crippen LogP contribution in [0.2, 0.25) is 5.02 Å². The third-order valence-electron chi connectivity index (χ3n) is 3.97. The van der Waals surface area contributed by atoms with Gasteiger partial charge < -0.3 is 15.7 Å². The zero-order valence-electron chi connectivity index (χ0n) is 11.9. The Kier molecular flexibility index (Phi) is 4.73. The Balaban J connectivity index is 1.98. The van der Waals surface area contributed by atoms with Gasteiger partial charge in [-0.3, -0.25) is 0 Å². The summed E-state index contributed by atoms with van der Waals surface area (Å²) in [6.07, 6.45) is 3.34. The van der Waals surface area contributed by atoms with Crippen molar-refractivity contribution in [1.29, 1.82) is 0 Å². The van der Waals surface area contributed by atoms with E-state index >= 15 is 0 Å². The third kappa shape index (κ3) is 3.88. The second-order valence-corrected chi connectivity index (χ2v) is 6.19. The monoisotopic (exact) mass is 310 g/mol. The molecule has 1 aliphatic carbocycles. The van der Waals surface area contributed by atoms with Crippen molar-refractivity contribution >= 4 is 23.6 Å². The quantitative estimate of drug-likeness (QED) is 0.782. The van der Waals surface area contributed by atoms with Crippen molar-refractivity contribution in [3.63, 3.8) is 0 Å². The molecule has 6 heteroatoms. The standard InChI is InChI=1S/C15H19ClN2O3/c1-15(7-4-8-15)9-17-14(21)18-12(13(19)20)10-5-2-3-6-11(10)16/h2-3,5-6,12H,4,7-9H2,1H3,(H,19,20)(H2,17,18,21)/t12-/m1/s1. The number of hydrogen-bond donors (Lipinski definition) is 3. The molecule has 1 aromatic rings. The van der Waals surface area contributed by atoms with E-state index in [1.54, 1.807) is 24.3 Å². The molecule has 2 rings (SSSR count). The third-order valence-corrected chi connectivity index (χ3v) is 4.32. The van der Waals surface area contributed by atoms with E-state index < -0.39 is 18.0 Å². The van der Waals surface area contributed by atoms with Crippen LogP contribution in [0.15, 0.2) is 24.3 Å². The van der Waals surface area contributed by atoms with Crippen LogP contribution in [0, 0.1) is 5.41 Å². The maximum Gasteiger partial charge on any atom is 0.331 e. The molecule has 0 heterocycles. The van der Waals surface area contributed by atoms with Gasteiger partial charge in [0.25, 0.3) is 0 Å². The van der Waals surface area contributed by atoms with Crippen LogP contribution in [-0.2, 0) is 4.79 Å². The number of nitrogens with one attached hydrogen (secondary N) is 2. The minimum absolute atomic E-state index is 0.139. The summed E-state index contributed by atoms with van der Waals surface area (Å²) in [5, 5.41) is 14.8. The first-order chi connectivity index (χ1) is 9.91. The van der Waals surface area contributed by atoms with Gasteiger partial charge in [-0.15, -0.1) is 0 Å². The molecule has 1 saturated carbocycles. The molecule has 21 heavy (non-hydrogen) atoms. The molecule has 114 valence electrons. The van der Waals surface area contributed by atoms with Gasteiger partial charge in [0.1, 0.15) is 0 Å². The molecule has 0 unspecified atom stereocenters. The molecule has 0 bridgehead atoms. The molecule has 0 spiro atoms. The summed E-state index contributed by atoms with van der Waals surface area (Å²) in [6.45, 7) is 2.66. The number of amides is 2. The van der Waals surface area contributed by atoms with Crippen molar-refractivity contribution < 1.29 is 14.7 Å². The largest absolute Gasteiger partial charge is 0.479 e. The van der Waals surface area contributed by atoms with E-state index in [0.29, 0.717) is 17.1 Å². The topological polar surface area (TPSA) is 78.4 Å². The first kappa shape index (κ1) is 15.6. The molecule has 1 aliphatic rings. The molecule has 2 amide bonds. The van der Waals surface area contributed by atoms with Crippen molar-refractivity contribution in [1.82, 2.24) is 10.6 Å². The second-order valence-electron chi connectivity index (χ2n) is 5.78. The molecular formula is C15H19ClN2O3. The lowest BCUT2D eigenvalue weighted by Gasteiger charge is -2.38. The van der Waals surface area contributed by atoms with Gasteiger partial charge in [0, 0.05) is 17.1 Å². The fraction of sp³-hybridized carbons (Fsp3) is 0.467. The Morgan fingerprint density at radius 1 is 1.38 bits per heavy atom. The highest BCUT2D eigenvalue weighted by molar-refractivity contribution is 6.31. The number of carbonyl (C=O) groups excluding carboxylic acids is 1. The van der Waals surface area contributed by atoms with Crippen molar-refractivity contribution in [2.75, 3.05) is 6.54 Å². The van der Waals surface area contributed by atoms with Crippen LogP contribution in [0.5, 0.6) is 0 Å². The summed E-state index contributed by atoms with van der Waals surface area (Å²) in [7, 11) is 0. The number of carbonyl (C=O) groups is 2. The van der Waals surface area contributed by atoms with E-state index in [1.165, 1.54) is 6.42 Å². The van der Waals surface area contributed by atoms with Gasteiger partial charge >= 0.3 is 12.0 Å². The van der Waals surface area contributed by atoms with Gasteiger partial charge in [-0.1, -0.05) is 43.1 Å². The zero-order valence-corrected chi connectivity index (χ0v) is 12.6. The van der Waals surface area contributed by atoms with Crippen LogP contribution in [0.1, 0.15) is 37.8 Å². The minimum atomic E-state index is -1.16. The fourth-order valence-corrected chi connectivity index (χ4v) is 2.66. The van der Waals surface area contributed by atoms with Crippen LogP contribution >= 0.6 is 11.6 Å². The number of carboxylic acid groups (broad SMARTS) is 1. The Morgan fingerprint density at radius 2 is 2.05 bits per heavy atom. The van der Waals surface area contributed by atoms with Gasteiger partial charge in [0.15, 0.2) is 6.04 Å². The highest BCUT2D eigenvalue weighted by Crippen LogP contribution is 2.39. The lowest BCUT2D eigenvalue weighted by Crippen LogP contribution is -2.46. The predicted molar refractivity (Wildman–Crippen MR) is 80.3 cm³/mol. The first-order valence-corrected chi connectivity index (χ1v) is 7.31. The molecule has 3 N–H and O–H groups in total. The average molecular weight is 311 g/mol. The van der Waals surface area contributed by atoms with E-state index in [-0.39, 0.29) is 5.41 Å². The van der Waals surface area contributed by atoms with Crippen LogP contribution < -0.4 is 10.6 Å². The van der Waals surface area contributed by atoms with Crippen molar-refractivity contribution in [3.05, 3.63) is 34.9 Å². The smallest absolute Gasteiger partial charge is 0.331 e. The highest BCUT2D eigenvalue weighted by atomic mass is 35.5. The van der Waals surface area contributed by atoms with Crippen LogP contribution in [0.3, 0.4) is 0 Å². The van der Waals surface area contributed by atoms with E-state index in [0.717, 1.165) is 12.8 Å². The Morgan fingerprint density at radius 3 is 2.57 bits per heavy atom. The predicted octanol–water partition coefficient (Wildman–Crippen LogP) is 2.96. The Hall–Kier alpha value is -1.75. The van der Waals surface area contributed by atoms with Gasteiger partial charge in [0.2, 0.25) is 0 Å². The SMILES string of the molecule is CC1(CNC(=O)N[C@@H](C(=O)O)c2ccccc2Cl)CCC1. The van der Waals surface area contributed by atoms with E-state index in [2.05, 4.69) is 17.6 Å². The van der Waals surface area contributed by atoms with Gasteiger partial charge in [-0.25, -0.2) is 9.59 Å². The number of carboxylic acids is 1. The first-order valence-electron chi connectivity index (χ1n) is 6.93. The Bertz CT molecular complexity index is 543. The normalized spacial score (nSPS) is 17.4. The molecule has 0 saturated heterocycles. The summed E-state index contributed by atoms with van der Waals surface area (Å²) in [6, 6.07) is 4.94. The summed E-state index contributed by atoms with van der Waals surface area (Å²) in [5.41, 5.74) is 0.511. The van der Waals surface area contributed by atoms with Crippen LogP contribution in [0.25, 0.3) is 0 Å². The minimum Gasteiger partial charge on any atom is -0.479 e. The molecule has 0 aliphatic heterocycles. The van der Waals surface area contributed by atoms with Gasteiger partial charge in [0.05, 0.1) is 0 Å². The van der Waals surface area contributed by atoms with E-state index in [1.807, 2.05) is 0 Å². The van der Waals surface area contributed by atoms with Gasteiger partial charge in [-0.05, 0) is 24.3 Å². The lowest BCUT2D eigenvalue weighted by molar-refractivity contribution is -0.139. The summed E-state index contributed by atoms with van der Waals surface area (Å²) < 4.78 is 0. The number of benzene rings is 1. The molecule has 5 nitrogen and oxygen atoms in total. The maximum atomic E-state index is 11.9. The van der Waals surface area contributed by atoms with E-state index in [4.69, 9.17) is 11.6 Å². The number of hydrogen-bond acceptors (Lipinski definition) is 2. The summed E-state index contributed by atoms with van der Waals surface area (Å²) >= 11 is 5.99. The van der Waals surface area contributed by atoms with Crippen molar-refractivity contribution in [2.45, 2.75) is 32.2 Å². The zero-order chi connectivity index (χ0) is 15.5. The molecule has 1 aromatic carbocycles. The van der Waals surface area contributed by atoms with Crippen molar-refractivity contribution in [3.8, 4) is 0 Å². The number of urea groups is 1.